The number of carbonyl (C=O) groups is 1. The second-order valence-electron chi connectivity index (χ2n) is 4.48. The van der Waals surface area contributed by atoms with Crippen LogP contribution in [0.15, 0.2) is 10.3 Å². The van der Waals surface area contributed by atoms with Gasteiger partial charge in [0.2, 0.25) is 0 Å². The maximum Gasteiger partial charge on any atom is 0.407 e. The number of rotatable bonds is 3. The van der Waals surface area contributed by atoms with E-state index >= 15 is 0 Å². The van der Waals surface area contributed by atoms with Gasteiger partial charge in [0, 0.05) is 19.1 Å². The van der Waals surface area contributed by atoms with E-state index in [1.807, 2.05) is 0 Å². The third-order valence-corrected chi connectivity index (χ3v) is 6.30. The summed E-state index contributed by atoms with van der Waals surface area (Å²) < 4.78 is 27.2. The van der Waals surface area contributed by atoms with Gasteiger partial charge in [0.1, 0.15) is 0 Å². The van der Waals surface area contributed by atoms with Gasteiger partial charge in [-0.1, -0.05) is 11.6 Å². The predicted octanol–water partition coefficient (Wildman–Crippen LogP) is 1.40. The molecule has 1 fully saturated rings. The number of hydrogen-bond donors (Lipinski definition) is 3. The maximum absolute atomic E-state index is 12.2. The van der Waals surface area contributed by atoms with Gasteiger partial charge in [0.25, 0.3) is 10.0 Å². The maximum atomic E-state index is 12.2. The molecule has 1 aromatic heterocycles. The van der Waals surface area contributed by atoms with E-state index < -0.39 is 22.2 Å². The van der Waals surface area contributed by atoms with Gasteiger partial charge in [0.15, 0.2) is 4.21 Å². The molecule has 2 rings (SSSR count). The average molecular weight is 340 g/mol. The molecular formula is C10H14ClN3O4S2. The van der Waals surface area contributed by atoms with Crippen molar-refractivity contribution in [2.75, 3.05) is 18.8 Å². The summed E-state index contributed by atoms with van der Waals surface area (Å²) in [6.07, 6.45) is 0.148. The van der Waals surface area contributed by atoms with E-state index in [-0.39, 0.29) is 16.4 Å². The lowest BCUT2D eigenvalue weighted by Gasteiger charge is -2.30. The number of nitrogen functional groups attached to an aromatic ring is 1. The van der Waals surface area contributed by atoms with Crippen molar-refractivity contribution >= 4 is 44.7 Å². The standard InChI is InChI=1S/C10H14ClN3O4S2/c11-8-4-7(12)9(19-8)20(17,18)13-6-2-1-3-14(5-6)10(15)16/h4,6,13H,1-3,5,12H2,(H,15,16)/t6-/m0/s1. The number of nitrogens with two attached hydrogens (primary N) is 1. The van der Waals surface area contributed by atoms with Crippen molar-refractivity contribution in [1.29, 1.82) is 0 Å². The summed E-state index contributed by atoms with van der Waals surface area (Å²) in [4.78, 5) is 12.1. The molecule has 20 heavy (non-hydrogen) atoms. The molecule has 2 heterocycles. The molecule has 112 valence electrons. The normalized spacial score (nSPS) is 20.1. The van der Waals surface area contributed by atoms with Gasteiger partial charge in [-0.25, -0.2) is 17.9 Å². The summed E-state index contributed by atoms with van der Waals surface area (Å²) in [6, 6.07) is 0.927. The van der Waals surface area contributed by atoms with Crippen LogP contribution in [0.5, 0.6) is 0 Å². The van der Waals surface area contributed by atoms with Crippen molar-refractivity contribution in [2.24, 2.45) is 0 Å². The molecule has 0 spiro atoms. The Balaban J connectivity index is 2.12. The van der Waals surface area contributed by atoms with Gasteiger partial charge in [-0.2, -0.15) is 0 Å². The minimum atomic E-state index is -3.78. The summed E-state index contributed by atoms with van der Waals surface area (Å²) in [6.45, 7) is 0.550. The summed E-state index contributed by atoms with van der Waals surface area (Å²) in [5.74, 6) is 0. The van der Waals surface area contributed by atoms with Gasteiger partial charge in [-0.15, -0.1) is 11.3 Å². The quantitative estimate of drug-likeness (QED) is 0.770. The molecule has 7 nitrogen and oxygen atoms in total. The molecule has 1 atom stereocenters. The number of amides is 1. The molecule has 1 aromatic rings. The highest BCUT2D eigenvalue weighted by molar-refractivity contribution is 7.91. The van der Waals surface area contributed by atoms with Crippen LogP contribution < -0.4 is 10.5 Å². The van der Waals surface area contributed by atoms with Crippen LogP contribution in [0.2, 0.25) is 4.34 Å². The Labute approximate surface area is 125 Å². The zero-order chi connectivity index (χ0) is 14.9. The van der Waals surface area contributed by atoms with Crippen molar-refractivity contribution < 1.29 is 18.3 Å². The monoisotopic (exact) mass is 339 g/mol. The zero-order valence-electron chi connectivity index (χ0n) is 10.4. The molecule has 1 amide bonds. The van der Waals surface area contributed by atoms with E-state index in [1.165, 1.54) is 11.0 Å². The Bertz CT molecular complexity index is 616. The van der Waals surface area contributed by atoms with Crippen LogP contribution >= 0.6 is 22.9 Å². The van der Waals surface area contributed by atoms with Crippen LogP contribution in [-0.2, 0) is 10.0 Å². The van der Waals surface area contributed by atoms with Crippen molar-refractivity contribution in [1.82, 2.24) is 9.62 Å². The first-order valence-corrected chi connectivity index (χ1v) is 8.52. The molecule has 0 aliphatic carbocycles. The summed E-state index contributed by atoms with van der Waals surface area (Å²) in [5, 5.41) is 8.93. The Morgan fingerprint density at radius 2 is 2.30 bits per heavy atom. The van der Waals surface area contributed by atoms with Crippen molar-refractivity contribution in [3.05, 3.63) is 10.4 Å². The van der Waals surface area contributed by atoms with Crippen molar-refractivity contribution in [2.45, 2.75) is 23.1 Å². The largest absolute Gasteiger partial charge is 0.465 e. The number of nitrogens with zero attached hydrogens (tertiary/aromatic N) is 1. The molecule has 4 N–H and O–H groups in total. The first-order valence-electron chi connectivity index (χ1n) is 5.84. The third kappa shape index (κ3) is 3.35. The fraction of sp³-hybridized carbons (Fsp3) is 0.500. The van der Waals surface area contributed by atoms with Gasteiger partial charge in [-0.05, 0) is 18.9 Å². The number of hydrogen-bond acceptors (Lipinski definition) is 5. The molecule has 0 saturated carbocycles. The van der Waals surface area contributed by atoms with Gasteiger partial charge in [-0.3, -0.25) is 0 Å². The number of piperidine rings is 1. The van der Waals surface area contributed by atoms with Crippen molar-refractivity contribution in [3.8, 4) is 0 Å². The van der Waals surface area contributed by atoms with E-state index in [9.17, 15) is 13.2 Å². The second-order valence-corrected chi connectivity index (χ2v) is 8.08. The topological polar surface area (TPSA) is 113 Å². The number of likely N-dealkylation sites (tertiary alicyclic amines) is 1. The number of thiophene rings is 1. The molecule has 0 unspecified atom stereocenters. The molecule has 0 bridgehead atoms. The fourth-order valence-electron chi connectivity index (χ4n) is 2.09. The number of halogens is 1. The number of nitrogens with one attached hydrogen (secondary N) is 1. The van der Waals surface area contributed by atoms with Crippen molar-refractivity contribution in [3.63, 3.8) is 0 Å². The molecule has 0 aromatic carbocycles. The molecule has 10 heteroatoms. The van der Waals surface area contributed by atoms with Gasteiger partial charge < -0.3 is 15.7 Å². The second kappa shape index (κ2) is 5.76. The van der Waals surface area contributed by atoms with E-state index in [2.05, 4.69) is 4.72 Å². The summed E-state index contributed by atoms with van der Waals surface area (Å²) in [5.41, 5.74) is 5.71. The first-order chi connectivity index (χ1) is 9.29. The average Bonchev–Trinajstić information content (AvgIpc) is 2.69. The molecular weight excluding hydrogens is 326 g/mol. The SMILES string of the molecule is Nc1cc(Cl)sc1S(=O)(=O)N[C@H]1CCCN(C(=O)O)C1. The Morgan fingerprint density at radius 3 is 2.85 bits per heavy atom. The lowest BCUT2D eigenvalue weighted by atomic mass is 10.1. The first kappa shape index (κ1) is 15.4. The zero-order valence-corrected chi connectivity index (χ0v) is 12.8. The highest BCUT2D eigenvalue weighted by Gasteiger charge is 2.29. The lowest BCUT2D eigenvalue weighted by Crippen LogP contribution is -2.49. The van der Waals surface area contributed by atoms with Crippen LogP contribution in [0.4, 0.5) is 10.5 Å². The fourth-order valence-corrected chi connectivity index (χ4v) is 5.07. The Hall–Kier alpha value is -1.03. The van der Waals surface area contributed by atoms with E-state index in [1.54, 1.807) is 0 Å². The molecule has 1 aliphatic heterocycles. The van der Waals surface area contributed by atoms with Crippen LogP contribution in [0.25, 0.3) is 0 Å². The number of carboxylic acid groups (broad SMARTS) is 1. The van der Waals surface area contributed by atoms with Gasteiger partial charge in [0.05, 0.1) is 10.0 Å². The Kier molecular flexibility index (Phi) is 4.43. The van der Waals surface area contributed by atoms with Crippen LogP contribution in [-0.4, -0.2) is 43.6 Å². The summed E-state index contributed by atoms with van der Waals surface area (Å²) in [7, 11) is -3.78. The summed E-state index contributed by atoms with van der Waals surface area (Å²) >= 11 is 6.62. The van der Waals surface area contributed by atoms with E-state index in [0.717, 1.165) is 11.3 Å². The molecule has 0 radical (unpaired) electrons. The smallest absolute Gasteiger partial charge is 0.407 e. The number of sulfonamides is 1. The van der Waals surface area contributed by atoms with Gasteiger partial charge >= 0.3 is 6.09 Å². The van der Waals surface area contributed by atoms with Crippen LogP contribution in [0.3, 0.4) is 0 Å². The number of anilines is 1. The Morgan fingerprint density at radius 1 is 1.60 bits per heavy atom. The van der Waals surface area contributed by atoms with E-state index in [4.69, 9.17) is 22.4 Å². The molecule has 1 saturated heterocycles. The van der Waals surface area contributed by atoms with E-state index in [0.29, 0.717) is 23.7 Å². The lowest BCUT2D eigenvalue weighted by molar-refractivity contribution is 0.129. The molecule has 1 aliphatic rings. The highest BCUT2D eigenvalue weighted by atomic mass is 35.5. The minimum absolute atomic E-state index is 0.0325. The minimum Gasteiger partial charge on any atom is -0.465 e. The van der Waals surface area contributed by atoms with Crippen LogP contribution in [0.1, 0.15) is 12.8 Å². The predicted molar refractivity (Wildman–Crippen MR) is 76.7 cm³/mol. The third-order valence-electron chi connectivity index (χ3n) is 2.95. The highest BCUT2D eigenvalue weighted by Crippen LogP contribution is 2.32. The van der Waals surface area contributed by atoms with Crippen LogP contribution in [0, 0.1) is 0 Å².